The van der Waals surface area contributed by atoms with Crippen molar-refractivity contribution in [1.82, 2.24) is 4.90 Å². The highest BCUT2D eigenvalue weighted by atomic mass is 16.5. The maximum Gasteiger partial charge on any atom is 0.161 e. The number of hydrogen-bond acceptors (Lipinski definition) is 6. The Morgan fingerprint density at radius 2 is 1.72 bits per heavy atom. The van der Waals surface area contributed by atoms with Crippen LogP contribution in [-0.4, -0.2) is 63.7 Å². The lowest BCUT2D eigenvalue weighted by Gasteiger charge is -2.21. The summed E-state index contributed by atoms with van der Waals surface area (Å²) in [7, 11) is 5.17. The van der Waals surface area contributed by atoms with E-state index >= 15 is 0 Å². The largest absolute Gasteiger partial charge is 0.497 e. The van der Waals surface area contributed by atoms with Crippen molar-refractivity contribution in [3.05, 3.63) is 60.7 Å². The number of benzene rings is 2. The summed E-state index contributed by atoms with van der Waals surface area (Å²) in [5, 5.41) is 10.3. The van der Waals surface area contributed by atoms with Crippen molar-refractivity contribution in [2.75, 3.05) is 47.6 Å². The lowest BCUT2D eigenvalue weighted by Crippen LogP contribution is -2.35. The van der Waals surface area contributed by atoms with Gasteiger partial charge in [-0.1, -0.05) is 12.1 Å². The number of allylic oxidation sites excluding steroid dienone is 1. The van der Waals surface area contributed by atoms with Crippen LogP contribution in [-0.2, 0) is 6.42 Å². The first-order chi connectivity index (χ1) is 14.0. The molecular weight excluding hydrogens is 370 g/mol. The molecule has 0 radical (unpaired) electrons. The van der Waals surface area contributed by atoms with Crippen LogP contribution in [0.2, 0.25) is 0 Å². The zero-order valence-corrected chi connectivity index (χ0v) is 17.5. The fourth-order valence-corrected chi connectivity index (χ4v) is 2.81. The highest BCUT2D eigenvalue weighted by Crippen LogP contribution is 2.28. The van der Waals surface area contributed by atoms with Gasteiger partial charge in [-0.3, -0.25) is 0 Å². The topological polar surface area (TPSA) is 60.4 Å². The molecule has 1 N–H and O–H groups in total. The van der Waals surface area contributed by atoms with Gasteiger partial charge in [-0.15, -0.1) is 6.58 Å². The minimum atomic E-state index is -0.626. The van der Waals surface area contributed by atoms with Crippen LogP contribution in [0.15, 0.2) is 55.1 Å². The molecule has 1 unspecified atom stereocenters. The van der Waals surface area contributed by atoms with Crippen molar-refractivity contribution in [2.45, 2.75) is 12.5 Å². The van der Waals surface area contributed by atoms with Gasteiger partial charge < -0.3 is 29.0 Å². The fourth-order valence-electron chi connectivity index (χ4n) is 2.81. The van der Waals surface area contributed by atoms with Crippen LogP contribution >= 0.6 is 0 Å². The second-order valence-corrected chi connectivity index (χ2v) is 6.73. The van der Waals surface area contributed by atoms with Crippen molar-refractivity contribution < 1.29 is 24.1 Å². The molecule has 0 bridgehead atoms. The van der Waals surface area contributed by atoms with Crippen LogP contribution in [0.4, 0.5) is 0 Å². The monoisotopic (exact) mass is 401 g/mol. The third-order valence-electron chi connectivity index (χ3n) is 4.36. The molecule has 0 saturated heterocycles. The average Bonchev–Trinajstić information content (AvgIpc) is 2.73. The Kier molecular flexibility index (Phi) is 9.34. The molecule has 2 aromatic rings. The first kappa shape index (κ1) is 22.6. The molecule has 0 aliphatic heterocycles. The SMILES string of the molecule is C=CCc1ccc(OCC(O)CN(C)CCOc2ccc(OC)cc2)c(OC)c1. The number of likely N-dealkylation sites (N-methyl/N-ethyl adjacent to an activating group) is 1. The Morgan fingerprint density at radius 1 is 1.00 bits per heavy atom. The lowest BCUT2D eigenvalue weighted by molar-refractivity contribution is 0.0712. The smallest absolute Gasteiger partial charge is 0.161 e. The Morgan fingerprint density at radius 3 is 2.38 bits per heavy atom. The average molecular weight is 402 g/mol. The number of methoxy groups -OCH3 is 2. The standard InChI is InChI=1S/C23H31NO5/c1-5-6-18-7-12-22(23(15-18)27-4)29-17-19(25)16-24(2)13-14-28-21-10-8-20(26-3)9-11-21/h5,7-12,15,19,25H,1,6,13-14,16-17H2,2-4H3. The number of aliphatic hydroxyl groups is 1. The van der Waals surface area contributed by atoms with Gasteiger partial charge in [-0.2, -0.15) is 0 Å². The summed E-state index contributed by atoms with van der Waals surface area (Å²) in [6.45, 7) is 5.61. The summed E-state index contributed by atoms with van der Waals surface area (Å²) in [5.41, 5.74) is 1.10. The third-order valence-corrected chi connectivity index (χ3v) is 4.36. The summed E-state index contributed by atoms with van der Waals surface area (Å²) >= 11 is 0. The quantitative estimate of drug-likeness (QED) is 0.520. The van der Waals surface area contributed by atoms with Gasteiger partial charge in [-0.25, -0.2) is 0 Å². The normalized spacial score (nSPS) is 11.8. The molecule has 0 aliphatic rings. The van der Waals surface area contributed by atoms with E-state index in [1.54, 1.807) is 14.2 Å². The first-order valence-corrected chi connectivity index (χ1v) is 9.59. The molecular formula is C23H31NO5. The molecule has 6 nitrogen and oxygen atoms in total. The van der Waals surface area contributed by atoms with Gasteiger partial charge in [0.15, 0.2) is 11.5 Å². The van der Waals surface area contributed by atoms with Crippen LogP contribution in [0.3, 0.4) is 0 Å². The van der Waals surface area contributed by atoms with Crippen LogP contribution < -0.4 is 18.9 Å². The molecule has 2 aromatic carbocycles. The highest BCUT2D eigenvalue weighted by molar-refractivity contribution is 5.43. The van der Waals surface area contributed by atoms with E-state index in [2.05, 4.69) is 6.58 Å². The van der Waals surface area contributed by atoms with Crippen molar-refractivity contribution in [2.24, 2.45) is 0 Å². The van der Waals surface area contributed by atoms with E-state index in [0.717, 1.165) is 23.5 Å². The van der Waals surface area contributed by atoms with Gasteiger partial charge in [0, 0.05) is 13.1 Å². The van der Waals surface area contributed by atoms with Gasteiger partial charge in [0.1, 0.15) is 30.8 Å². The Hall–Kier alpha value is -2.70. The number of aliphatic hydroxyl groups excluding tert-OH is 1. The Bertz CT molecular complexity index is 747. The first-order valence-electron chi connectivity index (χ1n) is 9.59. The molecule has 6 heteroatoms. The summed E-state index contributed by atoms with van der Waals surface area (Å²) in [6.07, 6.45) is 1.98. The van der Waals surface area contributed by atoms with Gasteiger partial charge in [0.05, 0.1) is 14.2 Å². The summed E-state index contributed by atoms with van der Waals surface area (Å²) in [5.74, 6) is 2.85. The van der Waals surface area contributed by atoms with Crippen LogP contribution in [0.25, 0.3) is 0 Å². The number of rotatable bonds is 13. The van der Waals surface area contributed by atoms with Crippen molar-refractivity contribution in [3.63, 3.8) is 0 Å². The van der Waals surface area contributed by atoms with Crippen LogP contribution in [0, 0.1) is 0 Å². The van der Waals surface area contributed by atoms with Crippen LogP contribution in [0.5, 0.6) is 23.0 Å². The third kappa shape index (κ3) is 7.68. The molecule has 2 rings (SSSR count). The second kappa shape index (κ2) is 12.0. The number of hydrogen-bond donors (Lipinski definition) is 1. The van der Waals surface area contributed by atoms with Gasteiger partial charge in [0.25, 0.3) is 0 Å². The van der Waals surface area contributed by atoms with Gasteiger partial charge in [0.2, 0.25) is 0 Å². The Labute approximate surface area is 173 Å². The zero-order chi connectivity index (χ0) is 21.1. The lowest BCUT2D eigenvalue weighted by atomic mass is 10.1. The predicted molar refractivity (Wildman–Crippen MR) is 114 cm³/mol. The molecule has 0 saturated carbocycles. The van der Waals surface area contributed by atoms with E-state index in [0.29, 0.717) is 31.2 Å². The molecule has 0 heterocycles. The zero-order valence-electron chi connectivity index (χ0n) is 17.5. The summed E-state index contributed by atoms with van der Waals surface area (Å²) in [4.78, 5) is 2.00. The molecule has 0 aromatic heterocycles. The Balaban J connectivity index is 1.72. The van der Waals surface area contributed by atoms with E-state index in [4.69, 9.17) is 18.9 Å². The van der Waals surface area contributed by atoms with Crippen LogP contribution in [0.1, 0.15) is 5.56 Å². The van der Waals surface area contributed by atoms with Crippen molar-refractivity contribution in [3.8, 4) is 23.0 Å². The van der Waals surface area contributed by atoms with E-state index in [1.165, 1.54) is 0 Å². The predicted octanol–water partition coefficient (Wildman–Crippen LogP) is 3.18. The highest BCUT2D eigenvalue weighted by Gasteiger charge is 2.12. The van der Waals surface area contributed by atoms with E-state index < -0.39 is 6.10 Å². The fraction of sp³-hybridized carbons (Fsp3) is 0.391. The summed E-state index contributed by atoms with van der Waals surface area (Å²) in [6, 6.07) is 13.2. The molecule has 158 valence electrons. The molecule has 29 heavy (non-hydrogen) atoms. The number of ether oxygens (including phenoxy) is 4. The molecule has 0 spiro atoms. The van der Waals surface area contributed by atoms with E-state index in [9.17, 15) is 5.11 Å². The maximum atomic E-state index is 10.3. The molecule has 0 fully saturated rings. The van der Waals surface area contributed by atoms with Crippen molar-refractivity contribution in [1.29, 1.82) is 0 Å². The molecule has 0 amide bonds. The van der Waals surface area contributed by atoms with Gasteiger partial charge >= 0.3 is 0 Å². The maximum absolute atomic E-state index is 10.3. The second-order valence-electron chi connectivity index (χ2n) is 6.73. The van der Waals surface area contributed by atoms with Gasteiger partial charge in [-0.05, 0) is 55.4 Å². The number of nitrogens with zero attached hydrogens (tertiary/aromatic N) is 1. The van der Waals surface area contributed by atoms with E-state index in [1.807, 2.05) is 60.5 Å². The molecule has 0 aliphatic carbocycles. The minimum absolute atomic E-state index is 0.181. The summed E-state index contributed by atoms with van der Waals surface area (Å²) < 4.78 is 22.0. The minimum Gasteiger partial charge on any atom is -0.497 e. The van der Waals surface area contributed by atoms with E-state index in [-0.39, 0.29) is 6.61 Å². The molecule has 1 atom stereocenters. The van der Waals surface area contributed by atoms with Crippen molar-refractivity contribution >= 4 is 0 Å².